The zero-order chi connectivity index (χ0) is 22.7. The van der Waals surface area contributed by atoms with Gasteiger partial charge in [-0.05, 0) is 43.2 Å². The van der Waals surface area contributed by atoms with Gasteiger partial charge < -0.3 is 14.8 Å². The molecule has 0 heterocycles. The summed E-state index contributed by atoms with van der Waals surface area (Å²) in [5.41, 5.74) is 2.39. The number of hydrogen-bond acceptors (Lipinski definition) is 5. The maximum absolute atomic E-state index is 12.7. The number of anilines is 1. The molecule has 2 rings (SSSR count). The molecule has 0 aliphatic heterocycles. The molecule has 0 spiro atoms. The van der Waals surface area contributed by atoms with Crippen LogP contribution in [0.1, 0.15) is 37.8 Å². The summed E-state index contributed by atoms with van der Waals surface area (Å²) in [6.45, 7) is 4.88. The summed E-state index contributed by atoms with van der Waals surface area (Å²) in [4.78, 5) is 12.0. The number of benzene rings is 2. The van der Waals surface area contributed by atoms with Crippen molar-refractivity contribution in [3.8, 4) is 11.5 Å². The lowest BCUT2D eigenvalue weighted by Gasteiger charge is -2.11. The van der Waals surface area contributed by atoms with E-state index in [4.69, 9.17) is 9.47 Å². The summed E-state index contributed by atoms with van der Waals surface area (Å²) in [6.07, 6.45) is -1.29. The number of halogens is 3. The van der Waals surface area contributed by atoms with E-state index in [-0.39, 0.29) is 12.2 Å². The number of nitrogens with zero attached hydrogens (tertiary/aromatic N) is 1. The Morgan fingerprint density at radius 2 is 1.81 bits per heavy atom. The van der Waals surface area contributed by atoms with Crippen molar-refractivity contribution in [3.63, 3.8) is 0 Å². The number of alkyl halides is 3. The molecular weight excluding hydrogens is 411 g/mol. The van der Waals surface area contributed by atoms with Gasteiger partial charge in [-0.25, -0.2) is 5.43 Å². The minimum atomic E-state index is -4.45. The van der Waals surface area contributed by atoms with Gasteiger partial charge in [0.25, 0.3) is 5.91 Å². The fourth-order valence-corrected chi connectivity index (χ4v) is 2.47. The predicted molar refractivity (Wildman–Crippen MR) is 114 cm³/mol. The largest absolute Gasteiger partial charge is 0.493 e. The van der Waals surface area contributed by atoms with Gasteiger partial charge in [0.2, 0.25) is 0 Å². The van der Waals surface area contributed by atoms with E-state index in [9.17, 15) is 18.0 Å². The Hall–Kier alpha value is -3.23. The molecular formula is C22H26F3N3O3. The summed E-state index contributed by atoms with van der Waals surface area (Å²) < 4.78 is 49.6. The van der Waals surface area contributed by atoms with Crippen LogP contribution in [0.15, 0.2) is 47.6 Å². The number of hydrogen-bond donors (Lipinski definition) is 2. The minimum absolute atomic E-state index is 0.187. The molecule has 168 valence electrons. The molecule has 0 bridgehead atoms. The standard InChI is InChI=1S/C22H26F3N3O3/c1-3-10-30-19-9-8-16(20(13-19)31-11-4-2)14-27-28-21(29)15-26-18-7-5-6-17(12-18)22(23,24)25/h5-9,12-14,26H,3-4,10-11,15H2,1-2H3,(H,28,29). The van der Waals surface area contributed by atoms with Gasteiger partial charge in [-0.2, -0.15) is 18.3 Å². The van der Waals surface area contributed by atoms with E-state index in [1.54, 1.807) is 18.2 Å². The van der Waals surface area contributed by atoms with Crippen molar-refractivity contribution in [2.75, 3.05) is 25.1 Å². The van der Waals surface area contributed by atoms with Gasteiger partial charge in [-0.15, -0.1) is 0 Å². The third kappa shape index (κ3) is 8.19. The molecule has 31 heavy (non-hydrogen) atoms. The zero-order valence-corrected chi connectivity index (χ0v) is 17.5. The molecule has 0 radical (unpaired) electrons. The van der Waals surface area contributed by atoms with Crippen LogP contribution >= 0.6 is 0 Å². The molecule has 0 unspecified atom stereocenters. The van der Waals surface area contributed by atoms with Crippen molar-refractivity contribution in [2.24, 2.45) is 5.10 Å². The minimum Gasteiger partial charge on any atom is -0.493 e. The average Bonchev–Trinajstić information content (AvgIpc) is 2.75. The number of rotatable bonds is 11. The zero-order valence-electron chi connectivity index (χ0n) is 17.5. The molecule has 2 aromatic carbocycles. The molecule has 6 nitrogen and oxygen atoms in total. The van der Waals surface area contributed by atoms with Crippen molar-refractivity contribution < 1.29 is 27.4 Å². The van der Waals surface area contributed by atoms with Crippen LogP contribution in [0.4, 0.5) is 18.9 Å². The second-order valence-corrected chi connectivity index (χ2v) is 6.62. The van der Waals surface area contributed by atoms with Gasteiger partial charge in [0.1, 0.15) is 11.5 Å². The fraction of sp³-hybridized carbons (Fsp3) is 0.364. The number of hydrazone groups is 1. The Kier molecular flexibility index (Phi) is 9.17. The lowest BCUT2D eigenvalue weighted by atomic mass is 10.2. The fourth-order valence-electron chi connectivity index (χ4n) is 2.47. The molecule has 0 aromatic heterocycles. The van der Waals surface area contributed by atoms with Crippen LogP contribution in [-0.2, 0) is 11.0 Å². The summed E-state index contributed by atoms with van der Waals surface area (Å²) in [5.74, 6) is 0.752. The van der Waals surface area contributed by atoms with Gasteiger partial charge in [-0.1, -0.05) is 19.9 Å². The predicted octanol–water partition coefficient (Wildman–Crippen LogP) is 4.85. The van der Waals surface area contributed by atoms with E-state index >= 15 is 0 Å². The molecule has 2 aromatic rings. The van der Waals surface area contributed by atoms with Crippen LogP contribution in [0.5, 0.6) is 11.5 Å². The Labute approximate surface area is 179 Å². The third-order valence-corrected chi connectivity index (χ3v) is 3.96. The molecule has 9 heteroatoms. The Morgan fingerprint density at radius 3 is 2.52 bits per heavy atom. The van der Waals surface area contributed by atoms with Gasteiger partial charge in [0, 0.05) is 17.3 Å². The first-order valence-corrected chi connectivity index (χ1v) is 9.96. The molecule has 1 amide bonds. The van der Waals surface area contributed by atoms with Gasteiger partial charge in [0.05, 0.1) is 31.5 Å². The van der Waals surface area contributed by atoms with E-state index < -0.39 is 17.6 Å². The topological polar surface area (TPSA) is 72.0 Å². The van der Waals surface area contributed by atoms with Crippen molar-refractivity contribution in [3.05, 3.63) is 53.6 Å². The lowest BCUT2D eigenvalue weighted by molar-refractivity contribution is -0.137. The first-order chi connectivity index (χ1) is 14.8. The van der Waals surface area contributed by atoms with Gasteiger partial charge >= 0.3 is 6.18 Å². The first-order valence-electron chi connectivity index (χ1n) is 9.96. The van der Waals surface area contributed by atoms with Gasteiger partial charge in [0.15, 0.2) is 0 Å². The number of nitrogens with one attached hydrogen (secondary N) is 2. The van der Waals surface area contributed by atoms with Crippen LogP contribution in [0.3, 0.4) is 0 Å². The third-order valence-electron chi connectivity index (χ3n) is 3.96. The highest BCUT2D eigenvalue weighted by molar-refractivity contribution is 5.86. The average molecular weight is 437 g/mol. The lowest BCUT2D eigenvalue weighted by Crippen LogP contribution is -2.26. The van der Waals surface area contributed by atoms with Crippen LogP contribution in [-0.4, -0.2) is 31.9 Å². The van der Waals surface area contributed by atoms with E-state index in [2.05, 4.69) is 15.8 Å². The molecule has 0 saturated heterocycles. The Bertz CT molecular complexity index is 886. The van der Waals surface area contributed by atoms with Crippen molar-refractivity contribution in [2.45, 2.75) is 32.9 Å². The second-order valence-electron chi connectivity index (χ2n) is 6.62. The van der Waals surface area contributed by atoms with E-state index in [1.165, 1.54) is 18.3 Å². The molecule has 0 aliphatic rings. The Morgan fingerprint density at radius 1 is 1.06 bits per heavy atom. The number of carbonyl (C=O) groups is 1. The first kappa shape index (κ1) is 24.0. The van der Waals surface area contributed by atoms with Gasteiger partial charge in [-0.3, -0.25) is 4.79 Å². The van der Waals surface area contributed by atoms with Crippen LogP contribution in [0.2, 0.25) is 0 Å². The number of carbonyl (C=O) groups excluding carboxylic acids is 1. The summed E-state index contributed by atoms with van der Waals surface area (Å²) in [5, 5.41) is 6.55. The highest BCUT2D eigenvalue weighted by atomic mass is 19.4. The number of amides is 1. The quantitative estimate of drug-likeness (QED) is 0.390. The second kappa shape index (κ2) is 11.8. The molecule has 0 fully saturated rings. The van der Waals surface area contributed by atoms with E-state index in [0.717, 1.165) is 25.0 Å². The van der Waals surface area contributed by atoms with Crippen LogP contribution < -0.4 is 20.2 Å². The monoisotopic (exact) mass is 437 g/mol. The highest BCUT2D eigenvalue weighted by Crippen LogP contribution is 2.30. The Balaban J connectivity index is 1.94. The van der Waals surface area contributed by atoms with Crippen molar-refractivity contribution in [1.82, 2.24) is 5.43 Å². The smallest absolute Gasteiger partial charge is 0.416 e. The van der Waals surface area contributed by atoms with E-state index in [0.29, 0.717) is 30.3 Å². The highest BCUT2D eigenvalue weighted by Gasteiger charge is 2.30. The normalized spacial score (nSPS) is 11.4. The SMILES string of the molecule is CCCOc1ccc(C=NNC(=O)CNc2cccc(C(F)(F)F)c2)c(OCCC)c1. The maximum atomic E-state index is 12.7. The summed E-state index contributed by atoms with van der Waals surface area (Å²) >= 11 is 0. The summed E-state index contributed by atoms with van der Waals surface area (Å²) in [6, 6.07) is 9.95. The molecule has 0 atom stereocenters. The number of ether oxygens (including phenoxy) is 2. The van der Waals surface area contributed by atoms with Crippen LogP contribution in [0.25, 0.3) is 0 Å². The van der Waals surface area contributed by atoms with Crippen LogP contribution in [0, 0.1) is 0 Å². The molecule has 0 saturated carbocycles. The van der Waals surface area contributed by atoms with E-state index in [1.807, 2.05) is 13.8 Å². The van der Waals surface area contributed by atoms with Crippen molar-refractivity contribution in [1.29, 1.82) is 0 Å². The van der Waals surface area contributed by atoms with Crippen molar-refractivity contribution >= 4 is 17.8 Å². The maximum Gasteiger partial charge on any atom is 0.416 e. The molecule has 2 N–H and O–H groups in total. The molecule has 0 aliphatic carbocycles. The summed E-state index contributed by atoms with van der Waals surface area (Å²) in [7, 11) is 0.